The summed E-state index contributed by atoms with van der Waals surface area (Å²) in [5.74, 6) is -0.148. The zero-order chi connectivity index (χ0) is 15.3. The number of hydrogen-bond acceptors (Lipinski definition) is 5. The molecule has 1 aliphatic rings. The Balaban J connectivity index is 2.80. The van der Waals surface area contributed by atoms with Crippen molar-refractivity contribution in [3.8, 4) is 0 Å². The fraction of sp³-hybridized carbons (Fsp3) is 0.818. The van der Waals surface area contributed by atoms with Crippen molar-refractivity contribution >= 4 is 33.6 Å². The van der Waals surface area contributed by atoms with Crippen molar-refractivity contribution in [2.45, 2.75) is 31.2 Å². The lowest BCUT2D eigenvalue weighted by Crippen LogP contribution is -2.56. The molecule has 1 rings (SSSR count). The second-order valence-electron chi connectivity index (χ2n) is 4.68. The van der Waals surface area contributed by atoms with E-state index in [9.17, 15) is 18.0 Å². The highest BCUT2D eigenvalue weighted by Crippen LogP contribution is 2.20. The molecule has 2 N–H and O–H groups in total. The van der Waals surface area contributed by atoms with E-state index < -0.39 is 33.3 Å². The van der Waals surface area contributed by atoms with Crippen LogP contribution < -0.4 is 5.32 Å². The molecule has 7 nitrogen and oxygen atoms in total. The van der Waals surface area contributed by atoms with Crippen molar-refractivity contribution in [3.63, 3.8) is 0 Å². The quantitative estimate of drug-likeness (QED) is 0.757. The normalized spacial score (nSPS) is 21.3. The van der Waals surface area contributed by atoms with E-state index in [1.807, 2.05) is 6.92 Å². The predicted octanol–water partition coefficient (Wildman–Crippen LogP) is 0.369. The van der Waals surface area contributed by atoms with Crippen LogP contribution in [0.25, 0.3) is 0 Å². The van der Waals surface area contributed by atoms with Crippen LogP contribution in [0.2, 0.25) is 0 Å². The van der Waals surface area contributed by atoms with Gasteiger partial charge in [-0.2, -0.15) is 11.8 Å². The first-order chi connectivity index (χ1) is 9.27. The number of aliphatic carboxylic acids is 1. The Bertz CT molecular complexity index is 465. The average Bonchev–Trinajstić information content (AvgIpc) is 2.37. The fourth-order valence-electron chi connectivity index (χ4n) is 1.95. The average molecular weight is 324 g/mol. The number of carbonyl (C=O) groups is 2. The molecule has 1 fully saturated rings. The number of nitrogens with one attached hydrogen (secondary N) is 1. The molecule has 0 aromatic carbocycles. The highest BCUT2D eigenvalue weighted by Gasteiger charge is 2.35. The third-order valence-electron chi connectivity index (χ3n) is 3.01. The maximum atomic E-state index is 12.1. The van der Waals surface area contributed by atoms with Crippen molar-refractivity contribution in [1.29, 1.82) is 0 Å². The van der Waals surface area contributed by atoms with Crippen LogP contribution in [0.1, 0.15) is 19.8 Å². The molecule has 0 spiro atoms. The molecule has 0 aromatic rings. The summed E-state index contributed by atoms with van der Waals surface area (Å²) in [6.45, 7) is 2.12. The van der Waals surface area contributed by atoms with Gasteiger partial charge in [0.1, 0.15) is 11.4 Å². The summed E-state index contributed by atoms with van der Waals surface area (Å²) >= 11 is 1.47. The number of amides is 2. The van der Waals surface area contributed by atoms with E-state index in [2.05, 4.69) is 5.32 Å². The summed E-state index contributed by atoms with van der Waals surface area (Å²) < 4.78 is 23.4. The molecule has 116 valence electrons. The molecule has 0 aliphatic carbocycles. The highest BCUT2D eigenvalue weighted by molar-refractivity contribution is 8.00. The smallest absolute Gasteiger partial charge is 0.326 e. The fourth-order valence-corrected chi connectivity index (χ4v) is 4.76. The molecule has 1 aliphatic heterocycles. The van der Waals surface area contributed by atoms with Gasteiger partial charge in [-0.25, -0.2) is 18.0 Å². The predicted molar refractivity (Wildman–Crippen MR) is 77.5 cm³/mol. The molecule has 2 amide bonds. The number of thioether (sulfide) groups is 1. The third-order valence-corrected chi connectivity index (χ3v) is 5.66. The van der Waals surface area contributed by atoms with Gasteiger partial charge in [-0.15, -0.1) is 0 Å². The molecule has 0 aromatic heterocycles. The molecular weight excluding hydrogens is 304 g/mol. The minimum Gasteiger partial charge on any atom is -0.480 e. The van der Waals surface area contributed by atoms with Gasteiger partial charge < -0.3 is 15.3 Å². The van der Waals surface area contributed by atoms with Gasteiger partial charge in [0.15, 0.2) is 9.84 Å². The lowest BCUT2D eigenvalue weighted by atomic mass is 10.2. The number of carboxylic acid groups (broad SMARTS) is 1. The maximum absolute atomic E-state index is 12.1. The van der Waals surface area contributed by atoms with Gasteiger partial charge in [0.25, 0.3) is 0 Å². The van der Waals surface area contributed by atoms with Gasteiger partial charge in [0.2, 0.25) is 0 Å². The number of carboxylic acids is 1. The van der Waals surface area contributed by atoms with Gasteiger partial charge in [-0.1, -0.05) is 13.3 Å². The van der Waals surface area contributed by atoms with E-state index in [1.54, 1.807) is 0 Å². The molecule has 2 atom stereocenters. The van der Waals surface area contributed by atoms with Crippen LogP contribution >= 0.6 is 11.8 Å². The number of rotatable bonds is 5. The molecule has 0 radical (unpaired) electrons. The van der Waals surface area contributed by atoms with Gasteiger partial charge >= 0.3 is 12.0 Å². The van der Waals surface area contributed by atoms with E-state index in [0.29, 0.717) is 30.9 Å². The van der Waals surface area contributed by atoms with Crippen LogP contribution in [0.15, 0.2) is 0 Å². The molecular formula is C11H20N2O5S2. The summed E-state index contributed by atoms with van der Waals surface area (Å²) in [5.41, 5.74) is 0. The van der Waals surface area contributed by atoms with Crippen LogP contribution in [0.3, 0.4) is 0 Å². The number of hydrogen-bond donors (Lipinski definition) is 2. The molecule has 0 bridgehead atoms. The van der Waals surface area contributed by atoms with E-state index in [4.69, 9.17) is 5.11 Å². The van der Waals surface area contributed by atoms with Crippen molar-refractivity contribution in [3.05, 3.63) is 0 Å². The SMILES string of the molecule is CCCC(NC(=O)N1CCSCC1S(C)(=O)=O)C(=O)O. The van der Waals surface area contributed by atoms with Gasteiger partial charge in [0.05, 0.1) is 0 Å². The van der Waals surface area contributed by atoms with Crippen molar-refractivity contribution in [2.24, 2.45) is 0 Å². The number of nitrogens with zero attached hydrogens (tertiary/aromatic N) is 1. The maximum Gasteiger partial charge on any atom is 0.326 e. The number of sulfone groups is 1. The minimum absolute atomic E-state index is 0.298. The molecule has 0 saturated carbocycles. The molecule has 2 unspecified atom stereocenters. The van der Waals surface area contributed by atoms with Crippen molar-refractivity contribution in [2.75, 3.05) is 24.3 Å². The Morgan fingerprint density at radius 3 is 2.65 bits per heavy atom. The Morgan fingerprint density at radius 1 is 1.50 bits per heavy atom. The Kier molecular flexibility index (Phi) is 6.12. The van der Waals surface area contributed by atoms with Gasteiger partial charge in [-0.05, 0) is 6.42 Å². The van der Waals surface area contributed by atoms with Crippen LogP contribution in [0, 0.1) is 0 Å². The zero-order valence-electron chi connectivity index (χ0n) is 11.5. The first kappa shape index (κ1) is 17.1. The molecule has 9 heteroatoms. The third kappa shape index (κ3) is 4.55. The summed E-state index contributed by atoms with van der Waals surface area (Å²) in [6.07, 6.45) is 2.01. The van der Waals surface area contributed by atoms with Crippen LogP contribution in [-0.4, -0.2) is 66.1 Å². The number of carbonyl (C=O) groups excluding carboxylic acids is 1. The van der Waals surface area contributed by atoms with E-state index >= 15 is 0 Å². The largest absolute Gasteiger partial charge is 0.480 e. The van der Waals surface area contributed by atoms with Crippen LogP contribution in [-0.2, 0) is 14.6 Å². The lowest BCUT2D eigenvalue weighted by Gasteiger charge is -2.34. The molecule has 1 heterocycles. The van der Waals surface area contributed by atoms with Crippen LogP contribution in [0.5, 0.6) is 0 Å². The van der Waals surface area contributed by atoms with Gasteiger partial charge in [0, 0.05) is 24.3 Å². The number of urea groups is 1. The molecule has 20 heavy (non-hydrogen) atoms. The Labute approximate surface area is 123 Å². The first-order valence-electron chi connectivity index (χ1n) is 6.34. The summed E-state index contributed by atoms with van der Waals surface area (Å²) in [7, 11) is -3.39. The summed E-state index contributed by atoms with van der Waals surface area (Å²) in [6, 6.07) is -1.61. The summed E-state index contributed by atoms with van der Waals surface area (Å²) in [5, 5.41) is 10.5. The van der Waals surface area contributed by atoms with E-state index in [-0.39, 0.29) is 0 Å². The zero-order valence-corrected chi connectivity index (χ0v) is 13.2. The highest BCUT2D eigenvalue weighted by atomic mass is 32.2. The van der Waals surface area contributed by atoms with E-state index in [0.717, 1.165) is 6.26 Å². The van der Waals surface area contributed by atoms with Crippen LogP contribution in [0.4, 0.5) is 4.79 Å². The Morgan fingerprint density at radius 2 is 2.15 bits per heavy atom. The first-order valence-corrected chi connectivity index (χ1v) is 9.44. The standard InChI is InChI=1S/C11H20N2O5S2/c1-3-4-8(10(14)15)12-11(16)13-5-6-19-7-9(13)20(2,17)18/h8-9H,3-7H2,1-2H3,(H,12,16)(H,14,15). The van der Waals surface area contributed by atoms with E-state index in [1.165, 1.54) is 16.7 Å². The van der Waals surface area contributed by atoms with Crippen molar-refractivity contribution in [1.82, 2.24) is 10.2 Å². The Hall–Kier alpha value is -0.960. The molecule has 1 saturated heterocycles. The van der Waals surface area contributed by atoms with Gasteiger partial charge in [-0.3, -0.25) is 0 Å². The second kappa shape index (κ2) is 7.16. The lowest BCUT2D eigenvalue weighted by molar-refractivity contribution is -0.139. The minimum atomic E-state index is -3.39. The second-order valence-corrected chi connectivity index (χ2v) is 8.03. The summed E-state index contributed by atoms with van der Waals surface area (Å²) in [4.78, 5) is 24.4. The topological polar surface area (TPSA) is 104 Å². The monoisotopic (exact) mass is 324 g/mol. The van der Waals surface area contributed by atoms with Crippen molar-refractivity contribution < 1.29 is 23.1 Å².